The number of benzene rings is 2. The Labute approximate surface area is 184 Å². The smallest absolute Gasteiger partial charge is 0.257 e. The SMILES string of the molecule is CCOc1ccc(NC(=O)C2CCc3sc(NC(=O)c4ccc(OC)cc4)nc32)cc1. The molecule has 0 bridgehead atoms. The van der Waals surface area contributed by atoms with Crippen molar-refractivity contribution in [1.82, 2.24) is 4.98 Å². The van der Waals surface area contributed by atoms with Crippen molar-refractivity contribution in [2.45, 2.75) is 25.7 Å². The first-order valence-electron chi connectivity index (χ1n) is 10.1. The van der Waals surface area contributed by atoms with Crippen LogP contribution in [0.3, 0.4) is 0 Å². The van der Waals surface area contributed by atoms with E-state index >= 15 is 0 Å². The number of anilines is 2. The van der Waals surface area contributed by atoms with Gasteiger partial charge in [-0.25, -0.2) is 4.98 Å². The summed E-state index contributed by atoms with van der Waals surface area (Å²) in [6.45, 7) is 2.52. The van der Waals surface area contributed by atoms with Gasteiger partial charge in [-0.15, -0.1) is 11.3 Å². The third-order valence-corrected chi connectivity index (χ3v) is 6.09. The van der Waals surface area contributed by atoms with Gasteiger partial charge in [-0.1, -0.05) is 0 Å². The van der Waals surface area contributed by atoms with Crippen molar-refractivity contribution >= 4 is 34.0 Å². The molecule has 2 N–H and O–H groups in total. The molecule has 4 rings (SSSR count). The third kappa shape index (κ3) is 4.69. The molecule has 1 aliphatic rings. The van der Waals surface area contributed by atoms with E-state index in [9.17, 15) is 9.59 Å². The lowest BCUT2D eigenvalue weighted by atomic mass is 10.1. The van der Waals surface area contributed by atoms with Crippen molar-refractivity contribution in [3.63, 3.8) is 0 Å². The van der Waals surface area contributed by atoms with Gasteiger partial charge in [0.25, 0.3) is 5.91 Å². The van der Waals surface area contributed by atoms with E-state index in [1.54, 1.807) is 31.4 Å². The number of methoxy groups -OCH3 is 1. The number of hydrogen-bond donors (Lipinski definition) is 2. The van der Waals surface area contributed by atoms with E-state index < -0.39 is 0 Å². The van der Waals surface area contributed by atoms with Crippen LogP contribution >= 0.6 is 11.3 Å². The van der Waals surface area contributed by atoms with E-state index in [1.165, 1.54) is 11.3 Å². The fraction of sp³-hybridized carbons (Fsp3) is 0.261. The van der Waals surface area contributed by atoms with Gasteiger partial charge in [0, 0.05) is 16.1 Å². The summed E-state index contributed by atoms with van der Waals surface area (Å²) < 4.78 is 10.5. The van der Waals surface area contributed by atoms with Gasteiger partial charge < -0.3 is 14.8 Å². The van der Waals surface area contributed by atoms with Crippen molar-refractivity contribution < 1.29 is 19.1 Å². The molecule has 1 atom stereocenters. The maximum absolute atomic E-state index is 12.8. The molecule has 0 aliphatic heterocycles. The first-order valence-corrected chi connectivity index (χ1v) is 10.9. The van der Waals surface area contributed by atoms with E-state index in [1.807, 2.05) is 31.2 Å². The molecule has 31 heavy (non-hydrogen) atoms. The maximum Gasteiger partial charge on any atom is 0.257 e. The summed E-state index contributed by atoms with van der Waals surface area (Å²) >= 11 is 1.42. The molecule has 3 aromatic rings. The van der Waals surface area contributed by atoms with Crippen molar-refractivity contribution in [1.29, 1.82) is 0 Å². The van der Waals surface area contributed by atoms with Gasteiger partial charge in [-0.2, -0.15) is 0 Å². The van der Waals surface area contributed by atoms with Gasteiger partial charge in [0.1, 0.15) is 11.5 Å². The number of hydrogen-bond acceptors (Lipinski definition) is 6. The molecule has 0 saturated carbocycles. The second kappa shape index (κ2) is 9.18. The molecule has 1 aromatic heterocycles. The summed E-state index contributed by atoms with van der Waals surface area (Å²) in [5, 5.41) is 6.29. The Hall–Kier alpha value is -3.39. The van der Waals surface area contributed by atoms with Crippen LogP contribution in [0.5, 0.6) is 11.5 Å². The maximum atomic E-state index is 12.8. The fourth-order valence-corrected chi connectivity index (χ4v) is 4.51. The summed E-state index contributed by atoms with van der Waals surface area (Å²) in [4.78, 5) is 30.9. The highest BCUT2D eigenvalue weighted by molar-refractivity contribution is 7.16. The standard InChI is InChI=1S/C23H23N3O4S/c1-3-30-17-10-6-15(7-11-17)24-22(28)18-12-13-19-20(18)25-23(31-19)26-21(27)14-4-8-16(29-2)9-5-14/h4-11,18H,3,12-13H2,1-2H3,(H,24,28)(H,25,26,27). The number of aromatic nitrogens is 1. The van der Waals surface area contributed by atoms with Crippen LogP contribution in [0.2, 0.25) is 0 Å². The molecule has 0 fully saturated rings. The van der Waals surface area contributed by atoms with Gasteiger partial charge >= 0.3 is 0 Å². The Morgan fingerprint density at radius 3 is 2.45 bits per heavy atom. The molecule has 2 amide bonds. The van der Waals surface area contributed by atoms with Crippen LogP contribution in [-0.4, -0.2) is 30.5 Å². The second-order valence-corrected chi connectivity index (χ2v) is 8.13. The Bertz CT molecular complexity index is 1080. The van der Waals surface area contributed by atoms with Crippen LogP contribution in [0.4, 0.5) is 10.8 Å². The number of nitrogens with one attached hydrogen (secondary N) is 2. The van der Waals surface area contributed by atoms with Crippen molar-refractivity contribution in [2.24, 2.45) is 0 Å². The summed E-state index contributed by atoms with van der Waals surface area (Å²) in [6.07, 6.45) is 1.48. The normalized spacial score (nSPS) is 14.6. The lowest BCUT2D eigenvalue weighted by molar-refractivity contribution is -0.117. The first kappa shape index (κ1) is 20.9. The molecular weight excluding hydrogens is 414 g/mol. The molecule has 160 valence electrons. The number of fused-ring (bicyclic) bond motifs is 1. The number of rotatable bonds is 7. The lowest BCUT2D eigenvalue weighted by Crippen LogP contribution is -2.20. The topological polar surface area (TPSA) is 89.6 Å². The van der Waals surface area contributed by atoms with Gasteiger partial charge in [0.05, 0.1) is 25.3 Å². The molecule has 0 saturated heterocycles. The van der Waals surface area contributed by atoms with Crippen LogP contribution in [0, 0.1) is 0 Å². The molecule has 1 unspecified atom stereocenters. The highest BCUT2D eigenvalue weighted by atomic mass is 32.1. The minimum absolute atomic E-state index is 0.0961. The van der Waals surface area contributed by atoms with Gasteiger partial charge in [-0.3, -0.25) is 14.9 Å². The van der Waals surface area contributed by atoms with Crippen LogP contribution in [-0.2, 0) is 11.2 Å². The Kier molecular flexibility index (Phi) is 6.18. The molecular formula is C23H23N3O4S. The average molecular weight is 438 g/mol. The zero-order valence-corrected chi connectivity index (χ0v) is 18.1. The van der Waals surface area contributed by atoms with Crippen LogP contribution in [0.25, 0.3) is 0 Å². The highest BCUT2D eigenvalue weighted by Crippen LogP contribution is 2.39. The number of thiazole rings is 1. The summed E-state index contributed by atoms with van der Waals surface area (Å²) in [5.41, 5.74) is 1.98. The number of carbonyl (C=O) groups is 2. The molecule has 7 nitrogen and oxygen atoms in total. The van der Waals surface area contributed by atoms with Crippen LogP contribution in [0.1, 0.15) is 40.2 Å². The number of amides is 2. The summed E-state index contributed by atoms with van der Waals surface area (Å²) in [7, 11) is 1.58. The van der Waals surface area contributed by atoms with Crippen LogP contribution in [0.15, 0.2) is 48.5 Å². The number of carbonyl (C=O) groups excluding carboxylic acids is 2. The molecule has 0 radical (unpaired) electrons. The molecule has 0 spiro atoms. The van der Waals surface area contributed by atoms with E-state index in [0.717, 1.165) is 22.7 Å². The minimum Gasteiger partial charge on any atom is -0.497 e. The van der Waals surface area contributed by atoms with Gasteiger partial charge in [-0.05, 0) is 68.3 Å². The van der Waals surface area contributed by atoms with E-state index in [4.69, 9.17) is 9.47 Å². The summed E-state index contributed by atoms with van der Waals surface area (Å²) in [6, 6.07) is 14.2. The Morgan fingerprint density at radius 2 is 1.77 bits per heavy atom. The first-order chi connectivity index (χ1) is 15.1. The third-order valence-electron chi connectivity index (χ3n) is 5.04. The average Bonchev–Trinajstić information content (AvgIpc) is 3.35. The largest absolute Gasteiger partial charge is 0.497 e. The number of ether oxygens (including phenoxy) is 2. The van der Waals surface area contributed by atoms with E-state index in [-0.39, 0.29) is 17.7 Å². The summed E-state index contributed by atoms with van der Waals surface area (Å²) in [5.74, 6) is 0.780. The molecule has 1 aliphatic carbocycles. The monoisotopic (exact) mass is 437 g/mol. The van der Waals surface area contributed by atoms with E-state index in [0.29, 0.717) is 35.2 Å². The van der Waals surface area contributed by atoms with Crippen molar-refractivity contribution in [2.75, 3.05) is 24.4 Å². The Balaban J connectivity index is 1.41. The van der Waals surface area contributed by atoms with Crippen LogP contribution < -0.4 is 20.1 Å². The zero-order chi connectivity index (χ0) is 21.8. The van der Waals surface area contributed by atoms with Gasteiger partial charge in [0.2, 0.25) is 5.91 Å². The van der Waals surface area contributed by atoms with Crippen molar-refractivity contribution in [3.8, 4) is 11.5 Å². The minimum atomic E-state index is -0.329. The van der Waals surface area contributed by atoms with E-state index in [2.05, 4.69) is 15.6 Å². The predicted octanol–water partition coefficient (Wildman–Crippen LogP) is 4.47. The lowest BCUT2D eigenvalue weighted by Gasteiger charge is -2.11. The molecule has 2 aromatic carbocycles. The number of aryl methyl sites for hydroxylation is 1. The molecule has 1 heterocycles. The predicted molar refractivity (Wildman–Crippen MR) is 120 cm³/mol. The number of nitrogens with zero attached hydrogens (tertiary/aromatic N) is 1. The zero-order valence-electron chi connectivity index (χ0n) is 17.3. The fourth-order valence-electron chi connectivity index (χ4n) is 3.48. The molecule has 8 heteroatoms. The highest BCUT2D eigenvalue weighted by Gasteiger charge is 2.33. The second-order valence-electron chi connectivity index (χ2n) is 7.05. The van der Waals surface area contributed by atoms with Crippen molar-refractivity contribution in [3.05, 3.63) is 64.7 Å². The van der Waals surface area contributed by atoms with Gasteiger partial charge in [0.15, 0.2) is 5.13 Å². The Morgan fingerprint density at radius 1 is 1.06 bits per heavy atom. The quantitative estimate of drug-likeness (QED) is 0.569.